The van der Waals surface area contributed by atoms with Gasteiger partial charge in [0.25, 0.3) is 0 Å². The van der Waals surface area contributed by atoms with E-state index in [2.05, 4.69) is 51.5 Å². The molecule has 2 N–H and O–H groups in total. The summed E-state index contributed by atoms with van der Waals surface area (Å²) < 4.78 is 5.18. The van der Waals surface area contributed by atoms with Crippen molar-refractivity contribution in [1.29, 1.82) is 0 Å². The normalized spacial score (nSPS) is 10.3. The molecule has 3 rings (SSSR count). The van der Waals surface area contributed by atoms with Crippen molar-refractivity contribution in [3.8, 4) is 5.75 Å². The van der Waals surface area contributed by atoms with Crippen LogP contribution in [-0.2, 0) is 0 Å². The highest BCUT2D eigenvalue weighted by Crippen LogP contribution is 2.22. The Bertz CT molecular complexity index is 845. The number of hydrogen-bond donors (Lipinski definition) is 2. The van der Waals surface area contributed by atoms with E-state index in [1.165, 1.54) is 5.69 Å². The van der Waals surface area contributed by atoms with Gasteiger partial charge in [-0.3, -0.25) is 0 Å². The molecule has 0 bridgehead atoms. The first-order chi connectivity index (χ1) is 13.2. The zero-order chi connectivity index (χ0) is 19.1. The molecule has 0 unspecified atom stereocenters. The van der Waals surface area contributed by atoms with Gasteiger partial charge in [0.15, 0.2) is 0 Å². The molecule has 0 aliphatic carbocycles. The monoisotopic (exact) mass is 363 g/mol. The Hall–Kier alpha value is -3.28. The molecule has 27 heavy (non-hydrogen) atoms. The van der Waals surface area contributed by atoms with Crippen LogP contribution in [0.4, 0.5) is 28.8 Å². The van der Waals surface area contributed by atoms with Crippen LogP contribution in [0.15, 0.2) is 60.8 Å². The molecule has 0 spiro atoms. The molecule has 6 nitrogen and oxygen atoms in total. The van der Waals surface area contributed by atoms with Crippen LogP contribution >= 0.6 is 0 Å². The largest absolute Gasteiger partial charge is 0.497 e. The van der Waals surface area contributed by atoms with Crippen LogP contribution in [0, 0.1) is 0 Å². The maximum Gasteiger partial charge on any atom is 0.229 e. The topological polar surface area (TPSA) is 62.3 Å². The van der Waals surface area contributed by atoms with Crippen molar-refractivity contribution in [2.45, 2.75) is 13.8 Å². The number of nitrogens with one attached hydrogen (secondary N) is 2. The molecule has 0 saturated carbocycles. The van der Waals surface area contributed by atoms with Crippen molar-refractivity contribution < 1.29 is 4.74 Å². The third kappa shape index (κ3) is 4.88. The molecular weight excluding hydrogens is 338 g/mol. The fourth-order valence-corrected chi connectivity index (χ4v) is 2.78. The number of rotatable bonds is 8. The Morgan fingerprint density at radius 3 is 2.11 bits per heavy atom. The minimum absolute atomic E-state index is 0.545. The van der Waals surface area contributed by atoms with Gasteiger partial charge in [0.05, 0.1) is 7.11 Å². The van der Waals surface area contributed by atoms with Gasteiger partial charge in [0.2, 0.25) is 5.95 Å². The van der Waals surface area contributed by atoms with Crippen LogP contribution in [-0.4, -0.2) is 30.2 Å². The molecule has 0 aliphatic heterocycles. The summed E-state index contributed by atoms with van der Waals surface area (Å²) in [5, 5.41) is 6.52. The van der Waals surface area contributed by atoms with E-state index in [0.717, 1.165) is 36.0 Å². The third-order valence-corrected chi connectivity index (χ3v) is 4.27. The maximum absolute atomic E-state index is 5.18. The number of methoxy groups -OCH3 is 1. The summed E-state index contributed by atoms with van der Waals surface area (Å²) in [6, 6.07) is 17.8. The number of aromatic nitrogens is 2. The number of hydrogen-bond acceptors (Lipinski definition) is 6. The Morgan fingerprint density at radius 2 is 1.48 bits per heavy atom. The van der Waals surface area contributed by atoms with Gasteiger partial charge in [0.1, 0.15) is 11.6 Å². The van der Waals surface area contributed by atoms with Gasteiger partial charge in [-0.15, -0.1) is 0 Å². The summed E-state index contributed by atoms with van der Waals surface area (Å²) in [5.74, 6) is 2.08. The number of ether oxygens (including phenoxy) is 1. The SMILES string of the molecule is CCN(CC)c1ccc(Nc2nccc(Nc3ccc(OC)cc3)n2)cc1. The summed E-state index contributed by atoms with van der Waals surface area (Å²) in [5.41, 5.74) is 3.10. The fraction of sp³-hybridized carbons (Fsp3) is 0.238. The van der Waals surface area contributed by atoms with E-state index in [-0.39, 0.29) is 0 Å². The molecule has 3 aromatic rings. The van der Waals surface area contributed by atoms with E-state index in [9.17, 15) is 0 Å². The first kappa shape index (κ1) is 18.5. The Labute approximate surface area is 160 Å². The number of nitrogens with zero attached hydrogens (tertiary/aromatic N) is 3. The van der Waals surface area contributed by atoms with Gasteiger partial charge < -0.3 is 20.3 Å². The van der Waals surface area contributed by atoms with Gasteiger partial charge in [-0.2, -0.15) is 4.98 Å². The lowest BCUT2D eigenvalue weighted by Crippen LogP contribution is -2.21. The van der Waals surface area contributed by atoms with E-state index in [1.54, 1.807) is 13.3 Å². The molecule has 0 atom stereocenters. The van der Waals surface area contributed by atoms with Gasteiger partial charge in [-0.25, -0.2) is 4.98 Å². The smallest absolute Gasteiger partial charge is 0.229 e. The van der Waals surface area contributed by atoms with Crippen molar-refractivity contribution in [3.05, 3.63) is 60.8 Å². The Balaban J connectivity index is 1.68. The summed E-state index contributed by atoms with van der Waals surface area (Å²) in [4.78, 5) is 11.1. The van der Waals surface area contributed by atoms with Crippen LogP contribution in [0.3, 0.4) is 0 Å². The van der Waals surface area contributed by atoms with Crippen molar-refractivity contribution in [2.75, 3.05) is 35.7 Å². The molecular formula is C21H25N5O. The molecule has 0 saturated heterocycles. The molecule has 0 aliphatic rings. The van der Waals surface area contributed by atoms with Crippen LogP contribution in [0.5, 0.6) is 5.75 Å². The van der Waals surface area contributed by atoms with E-state index >= 15 is 0 Å². The van der Waals surface area contributed by atoms with Crippen molar-refractivity contribution in [1.82, 2.24) is 9.97 Å². The lowest BCUT2D eigenvalue weighted by molar-refractivity contribution is 0.415. The van der Waals surface area contributed by atoms with Gasteiger partial charge >= 0.3 is 0 Å². The number of anilines is 5. The predicted molar refractivity (Wildman–Crippen MR) is 112 cm³/mol. The van der Waals surface area contributed by atoms with Crippen molar-refractivity contribution >= 4 is 28.8 Å². The molecule has 0 amide bonds. The molecule has 1 heterocycles. The Morgan fingerprint density at radius 1 is 0.852 bits per heavy atom. The van der Waals surface area contributed by atoms with Gasteiger partial charge in [0, 0.05) is 36.3 Å². The first-order valence-electron chi connectivity index (χ1n) is 9.08. The van der Waals surface area contributed by atoms with Crippen LogP contribution < -0.4 is 20.3 Å². The standard InChI is InChI=1S/C21H25N5O/c1-4-26(5-2)18-10-6-17(7-11-18)24-21-22-15-14-20(25-21)23-16-8-12-19(27-3)13-9-16/h6-15H,4-5H2,1-3H3,(H2,22,23,24,25). The zero-order valence-corrected chi connectivity index (χ0v) is 15.9. The summed E-state index contributed by atoms with van der Waals surface area (Å²) in [7, 11) is 1.65. The third-order valence-electron chi connectivity index (χ3n) is 4.27. The lowest BCUT2D eigenvalue weighted by Gasteiger charge is -2.21. The van der Waals surface area contributed by atoms with Gasteiger partial charge in [-0.05, 0) is 68.4 Å². The minimum atomic E-state index is 0.545. The molecule has 0 radical (unpaired) electrons. The average molecular weight is 363 g/mol. The predicted octanol–water partition coefficient (Wildman–Crippen LogP) is 4.82. The van der Waals surface area contributed by atoms with E-state index in [0.29, 0.717) is 5.95 Å². The van der Waals surface area contributed by atoms with Crippen LogP contribution in [0.2, 0.25) is 0 Å². The van der Waals surface area contributed by atoms with Crippen molar-refractivity contribution in [3.63, 3.8) is 0 Å². The quantitative estimate of drug-likeness (QED) is 0.598. The molecule has 140 valence electrons. The van der Waals surface area contributed by atoms with Crippen molar-refractivity contribution in [2.24, 2.45) is 0 Å². The lowest BCUT2D eigenvalue weighted by atomic mass is 10.2. The molecule has 6 heteroatoms. The highest BCUT2D eigenvalue weighted by atomic mass is 16.5. The Kier molecular flexibility index (Phi) is 6.10. The molecule has 1 aromatic heterocycles. The van der Waals surface area contributed by atoms with Crippen LogP contribution in [0.25, 0.3) is 0 Å². The average Bonchev–Trinajstić information content (AvgIpc) is 2.71. The zero-order valence-electron chi connectivity index (χ0n) is 15.9. The highest BCUT2D eigenvalue weighted by Gasteiger charge is 2.04. The summed E-state index contributed by atoms with van der Waals surface area (Å²) in [6.07, 6.45) is 1.73. The minimum Gasteiger partial charge on any atom is -0.497 e. The molecule has 0 fully saturated rings. The second-order valence-corrected chi connectivity index (χ2v) is 5.96. The van der Waals surface area contributed by atoms with E-state index in [4.69, 9.17) is 4.74 Å². The first-order valence-corrected chi connectivity index (χ1v) is 9.08. The van der Waals surface area contributed by atoms with E-state index < -0.39 is 0 Å². The fourth-order valence-electron chi connectivity index (χ4n) is 2.78. The molecule has 2 aromatic carbocycles. The maximum atomic E-state index is 5.18. The van der Waals surface area contributed by atoms with E-state index in [1.807, 2.05) is 42.5 Å². The second kappa shape index (κ2) is 8.89. The number of benzene rings is 2. The van der Waals surface area contributed by atoms with Crippen LogP contribution in [0.1, 0.15) is 13.8 Å². The van der Waals surface area contributed by atoms with Gasteiger partial charge in [-0.1, -0.05) is 0 Å². The second-order valence-electron chi connectivity index (χ2n) is 5.96. The summed E-state index contributed by atoms with van der Waals surface area (Å²) in [6.45, 7) is 6.30. The summed E-state index contributed by atoms with van der Waals surface area (Å²) >= 11 is 0. The highest BCUT2D eigenvalue weighted by molar-refractivity contribution is 5.62.